The van der Waals surface area contributed by atoms with E-state index in [1.807, 2.05) is 32.3 Å². The Bertz CT molecular complexity index is 553. The molecule has 5 nitrogen and oxygen atoms in total. The maximum Gasteiger partial charge on any atom is 0.229 e. The maximum absolute atomic E-state index is 4.43. The third kappa shape index (κ3) is 3.85. The summed E-state index contributed by atoms with van der Waals surface area (Å²) in [5.41, 5.74) is 2.11. The summed E-state index contributed by atoms with van der Waals surface area (Å²) in [4.78, 5) is 10.7. The first-order chi connectivity index (χ1) is 9.69. The lowest BCUT2D eigenvalue weighted by Gasteiger charge is -2.14. The highest BCUT2D eigenvalue weighted by Crippen LogP contribution is 2.20. The Morgan fingerprint density at radius 3 is 2.80 bits per heavy atom. The van der Waals surface area contributed by atoms with Gasteiger partial charge in [-0.1, -0.05) is 13.0 Å². The van der Waals surface area contributed by atoms with Gasteiger partial charge in [0.2, 0.25) is 5.95 Å². The van der Waals surface area contributed by atoms with Crippen molar-refractivity contribution in [1.29, 1.82) is 0 Å². The molecule has 2 aromatic rings. The second-order valence-electron chi connectivity index (χ2n) is 4.76. The predicted octanol–water partition coefficient (Wildman–Crippen LogP) is 3.11. The Morgan fingerprint density at radius 1 is 1.20 bits per heavy atom. The summed E-state index contributed by atoms with van der Waals surface area (Å²) in [6, 6.07) is 10.0. The average molecular weight is 271 g/mol. The van der Waals surface area contributed by atoms with Crippen molar-refractivity contribution in [3.05, 3.63) is 36.5 Å². The van der Waals surface area contributed by atoms with Crippen molar-refractivity contribution in [2.45, 2.75) is 13.3 Å². The fourth-order valence-corrected chi connectivity index (χ4v) is 1.76. The molecule has 0 spiro atoms. The first-order valence-electron chi connectivity index (χ1n) is 6.80. The minimum atomic E-state index is 0.599. The largest absolute Gasteiger partial charge is 0.378 e. The third-order valence-electron chi connectivity index (χ3n) is 2.83. The minimum Gasteiger partial charge on any atom is -0.378 e. The van der Waals surface area contributed by atoms with Crippen molar-refractivity contribution in [3.8, 4) is 0 Å². The van der Waals surface area contributed by atoms with Crippen molar-refractivity contribution in [1.82, 2.24) is 9.97 Å². The molecule has 0 aliphatic carbocycles. The number of nitrogens with one attached hydrogen (secondary N) is 2. The molecule has 0 saturated heterocycles. The van der Waals surface area contributed by atoms with Gasteiger partial charge in [0.25, 0.3) is 0 Å². The van der Waals surface area contributed by atoms with Gasteiger partial charge in [-0.2, -0.15) is 4.98 Å². The number of rotatable bonds is 6. The molecule has 2 rings (SSSR count). The van der Waals surface area contributed by atoms with E-state index in [1.54, 1.807) is 6.20 Å². The predicted molar refractivity (Wildman–Crippen MR) is 84.9 cm³/mol. The van der Waals surface area contributed by atoms with E-state index in [0.29, 0.717) is 5.95 Å². The molecule has 0 saturated carbocycles. The summed E-state index contributed by atoms with van der Waals surface area (Å²) >= 11 is 0. The molecule has 0 atom stereocenters. The van der Waals surface area contributed by atoms with Crippen molar-refractivity contribution in [3.63, 3.8) is 0 Å². The summed E-state index contributed by atoms with van der Waals surface area (Å²) < 4.78 is 0. The van der Waals surface area contributed by atoms with Crippen LogP contribution in [0.15, 0.2) is 36.5 Å². The fraction of sp³-hybridized carbons (Fsp3) is 0.333. The molecular weight excluding hydrogens is 250 g/mol. The van der Waals surface area contributed by atoms with Gasteiger partial charge in [0.1, 0.15) is 5.82 Å². The number of anilines is 4. The zero-order valence-corrected chi connectivity index (χ0v) is 12.2. The van der Waals surface area contributed by atoms with Gasteiger partial charge in [0, 0.05) is 38.2 Å². The van der Waals surface area contributed by atoms with Gasteiger partial charge in [-0.15, -0.1) is 0 Å². The molecule has 0 aliphatic rings. The second kappa shape index (κ2) is 6.75. The van der Waals surface area contributed by atoms with E-state index >= 15 is 0 Å². The highest BCUT2D eigenvalue weighted by atomic mass is 15.1. The van der Waals surface area contributed by atoms with Crippen molar-refractivity contribution in [2.75, 3.05) is 36.2 Å². The highest BCUT2D eigenvalue weighted by Gasteiger charge is 2.01. The molecule has 0 radical (unpaired) electrons. The number of hydrogen-bond acceptors (Lipinski definition) is 5. The van der Waals surface area contributed by atoms with Gasteiger partial charge in [-0.25, -0.2) is 4.98 Å². The average Bonchev–Trinajstić information content (AvgIpc) is 2.46. The van der Waals surface area contributed by atoms with Crippen LogP contribution >= 0.6 is 0 Å². The topological polar surface area (TPSA) is 53.1 Å². The summed E-state index contributed by atoms with van der Waals surface area (Å²) in [5, 5.41) is 6.48. The van der Waals surface area contributed by atoms with Crippen LogP contribution in [-0.2, 0) is 0 Å². The highest BCUT2D eigenvalue weighted by molar-refractivity contribution is 5.62. The Balaban J connectivity index is 2.11. The fourth-order valence-electron chi connectivity index (χ4n) is 1.76. The Kier molecular flexibility index (Phi) is 4.76. The Hall–Kier alpha value is -2.30. The van der Waals surface area contributed by atoms with Crippen LogP contribution in [0.2, 0.25) is 0 Å². The van der Waals surface area contributed by atoms with E-state index < -0.39 is 0 Å². The maximum atomic E-state index is 4.43. The van der Waals surface area contributed by atoms with E-state index in [1.165, 1.54) is 0 Å². The lowest BCUT2D eigenvalue weighted by Crippen LogP contribution is -2.09. The SMILES string of the molecule is CCCNc1ccnc(Nc2cccc(N(C)C)c2)n1. The zero-order valence-electron chi connectivity index (χ0n) is 12.2. The lowest BCUT2D eigenvalue weighted by molar-refractivity contribution is 0.966. The van der Waals surface area contributed by atoms with Gasteiger partial charge in [-0.3, -0.25) is 0 Å². The molecule has 0 unspecified atom stereocenters. The molecule has 0 fully saturated rings. The smallest absolute Gasteiger partial charge is 0.229 e. The standard InChI is InChI=1S/C15H21N5/c1-4-9-16-14-8-10-17-15(19-14)18-12-6-5-7-13(11-12)20(2)3/h5-8,10-11H,4,9H2,1-3H3,(H2,16,17,18,19). The molecule has 1 heterocycles. The van der Waals surface area contributed by atoms with Gasteiger partial charge in [0.15, 0.2) is 0 Å². The zero-order chi connectivity index (χ0) is 14.4. The minimum absolute atomic E-state index is 0.599. The van der Waals surface area contributed by atoms with Crippen LogP contribution in [0, 0.1) is 0 Å². The van der Waals surface area contributed by atoms with Gasteiger partial charge in [-0.05, 0) is 30.7 Å². The molecule has 5 heteroatoms. The lowest BCUT2D eigenvalue weighted by atomic mass is 10.2. The van der Waals surface area contributed by atoms with Gasteiger partial charge >= 0.3 is 0 Å². The first kappa shape index (κ1) is 14.1. The molecule has 0 amide bonds. The van der Waals surface area contributed by atoms with Crippen LogP contribution in [0.25, 0.3) is 0 Å². The van der Waals surface area contributed by atoms with Crippen molar-refractivity contribution in [2.24, 2.45) is 0 Å². The normalized spacial score (nSPS) is 10.2. The third-order valence-corrected chi connectivity index (χ3v) is 2.83. The Morgan fingerprint density at radius 2 is 2.05 bits per heavy atom. The molecule has 106 valence electrons. The number of aromatic nitrogens is 2. The van der Waals surface area contributed by atoms with Gasteiger partial charge in [0.05, 0.1) is 0 Å². The molecule has 0 bridgehead atoms. The van der Waals surface area contributed by atoms with Crippen LogP contribution in [-0.4, -0.2) is 30.6 Å². The van der Waals surface area contributed by atoms with E-state index in [-0.39, 0.29) is 0 Å². The number of hydrogen-bond donors (Lipinski definition) is 2. The molecule has 1 aromatic carbocycles. The first-order valence-corrected chi connectivity index (χ1v) is 6.80. The van der Waals surface area contributed by atoms with Crippen molar-refractivity contribution < 1.29 is 0 Å². The Labute approximate surface area is 120 Å². The van der Waals surface area contributed by atoms with E-state index in [2.05, 4.69) is 44.6 Å². The van der Waals surface area contributed by atoms with Crippen LogP contribution in [0.1, 0.15) is 13.3 Å². The summed E-state index contributed by atoms with van der Waals surface area (Å²) in [6.07, 6.45) is 2.82. The van der Waals surface area contributed by atoms with E-state index in [0.717, 1.165) is 30.2 Å². The summed E-state index contributed by atoms with van der Waals surface area (Å²) in [7, 11) is 4.04. The molecule has 0 aliphatic heterocycles. The molecule has 2 N–H and O–H groups in total. The van der Waals surface area contributed by atoms with E-state index in [9.17, 15) is 0 Å². The summed E-state index contributed by atoms with van der Waals surface area (Å²) in [5.74, 6) is 1.44. The van der Waals surface area contributed by atoms with E-state index in [4.69, 9.17) is 0 Å². The molecule has 20 heavy (non-hydrogen) atoms. The van der Waals surface area contributed by atoms with Gasteiger partial charge < -0.3 is 15.5 Å². The quantitative estimate of drug-likeness (QED) is 0.845. The van der Waals surface area contributed by atoms with Crippen LogP contribution < -0.4 is 15.5 Å². The van der Waals surface area contributed by atoms with Crippen LogP contribution in [0.4, 0.5) is 23.1 Å². The second-order valence-corrected chi connectivity index (χ2v) is 4.76. The van der Waals surface area contributed by atoms with Crippen LogP contribution in [0.5, 0.6) is 0 Å². The number of nitrogens with zero attached hydrogens (tertiary/aromatic N) is 3. The monoisotopic (exact) mass is 271 g/mol. The van der Waals surface area contributed by atoms with Crippen LogP contribution in [0.3, 0.4) is 0 Å². The molecular formula is C15H21N5. The summed E-state index contributed by atoms with van der Waals surface area (Å²) in [6.45, 7) is 3.03. The number of benzene rings is 1. The van der Waals surface area contributed by atoms with Crippen molar-refractivity contribution >= 4 is 23.1 Å². The molecule has 1 aromatic heterocycles.